The summed E-state index contributed by atoms with van der Waals surface area (Å²) in [6.45, 7) is 8.23. The topological polar surface area (TPSA) is 0 Å². The molecule has 0 amide bonds. The van der Waals surface area contributed by atoms with Gasteiger partial charge in [-0.05, 0) is 25.5 Å². The second kappa shape index (κ2) is 10.9. The van der Waals surface area contributed by atoms with Crippen LogP contribution in [0.15, 0.2) is 24.3 Å². The molecule has 15 heavy (non-hydrogen) atoms. The predicted octanol–water partition coefficient (Wildman–Crippen LogP) is 4.81. The van der Waals surface area contributed by atoms with Crippen molar-refractivity contribution in [2.45, 2.75) is 48.0 Å². The maximum atomic E-state index is 3.12. The lowest BCUT2D eigenvalue weighted by atomic mass is 10.1. The summed E-state index contributed by atoms with van der Waals surface area (Å²) in [4.78, 5) is 0. The molecule has 0 N–H and O–H groups in total. The van der Waals surface area contributed by atoms with Gasteiger partial charge in [-0.15, -0.1) is 0 Å². The molecule has 0 atom stereocenters. The molecule has 0 aliphatic carbocycles. The second-order valence-corrected chi connectivity index (χ2v) is 2.92. The van der Waals surface area contributed by atoms with Crippen molar-refractivity contribution in [3.05, 3.63) is 35.4 Å². The first-order valence-corrected chi connectivity index (χ1v) is 5.38. The zero-order chi connectivity index (χ0) is 10.8. The molecule has 0 spiro atoms. The number of unbranched alkanes of at least 4 members (excludes halogenated alkanes) is 1. The van der Waals surface area contributed by atoms with Crippen LogP contribution in [0.2, 0.25) is 0 Å². The highest BCUT2D eigenvalue weighted by molar-refractivity contribution is 5.35. The summed E-state index contributed by atoms with van der Waals surface area (Å²) >= 11 is 0. The number of hydrogen-bond acceptors (Lipinski definition) is 0. The molecule has 0 saturated heterocycles. The number of aryl methyl sites for hydroxylation is 1. The minimum atomic E-state index is 0. The van der Waals surface area contributed by atoms with E-state index in [9.17, 15) is 0 Å². The third-order valence-corrected chi connectivity index (χ3v) is 1.66. The van der Waals surface area contributed by atoms with E-state index >= 15 is 0 Å². The molecule has 0 nitrogen and oxygen atoms in total. The van der Waals surface area contributed by atoms with E-state index in [4.69, 9.17) is 0 Å². The van der Waals surface area contributed by atoms with Crippen LogP contribution in [0.25, 0.3) is 0 Å². The summed E-state index contributed by atoms with van der Waals surface area (Å²) in [6, 6.07) is 8.32. The fourth-order valence-electron chi connectivity index (χ4n) is 0.926. The molecule has 0 radical (unpaired) electrons. The minimum absolute atomic E-state index is 0. The molecule has 0 unspecified atom stereocenters. The highest BCUT2D eigenvalue weighted by atomic mass is 13.9. The van der Waals surface area contributed by atoms with Crippen molar-refractivity contribution in [3.63, 3.8) is 0 Å². The van der Waals surface area contributed by atoms with Crippen molar-refractivity contribution in [1.82, 2.24) is 0 Å². The van der Waals surface area contributed by atoms with Gasteiger partial charge in [-0.3, -0.25) is 0 Å². The van der Waals surface area contributed by atoms with Crippen LogP contribution in [0.3, 0.4) is 0 Å². The Hall–Kier alpha value is -1.22. The number of rotatable bonds is 1. The van der Waals surface area contributed by atoms with Crippen molar-refractivity contribution < 1.29 is 0 Å². The van der Waals surface area contributed by atoms with E-state index in [1.807, 2.05) is 13.8 Å². The van der Waals surface area contributed by atoms with Gasteiger partial charge in [0.15, 0.2) is 0 Å². The lowest BCUT2D eigenvalue weighted by Gasteiger charge is -1.90. The van der Waals surface area contributed by atoms with Gasteiger partial charge in [0.05, 0.1) is 0 Å². The molecule has 0 aliphatic rings. The summed E-state index contributed by atoms with van der Waals surface area (Å²) in [5.74, 6) is 6.24. The minimum Gasteiger partial charge on any atom is -0.0979 e. The fraction of sp³-hybridized carbons (Fsp3) is 0.467. The van der Waals surface area contributed by atoms with E-state index in [1.165, 1.54) is 5.56 Å². The summed E-state index contributed by atoms with van der Waals surface area (Å²) in [5.41, 5.74) is 2.41. The van der Waals surface area contributed by atoms with Crippen LogP contribution in [-0.2, 0) is 0 Å². The molecular formula is C15H24. The molecule has 0 heteroatoms. The van der Waals surface area contributed by atoms with Crippen LogP contribution in [0, 0.1) is 18.8 Å². The molecule has 0 aromatic heterocycles. The van der Waals surface area contributed by atoms with Crippen LogP contribution in [0.5, 0.6) is 0 Å². The van der Waals surface area contributed by atoms with Crippen molar-refractivity contribution in [2.75, 3.05) is 0 Å². The summed E-state index contributed by atoms with van der Waals surface area (Å²) in [7, 11) is 0. The monoisotopic (exact) mass is 204 g/mol. The summed E-state index contributed by atoms with van der Waals surface area (Å²) < 4.78 is 0. The Morgan fingerprint density at radius 1 is 1.07 bits per heavy atom. The summed E-state index contributed by atoms with van der Waals surface area (Å²) in [5, 5.41) is 0. The average Bonchev–Trinajstić information content (AvgIpc) is 2.24. The van der Waals surface area contributed by atoms with Crippen molar-refractivity contribution in [2.24, 2.45) is 0 Å². The van der Waals surface area contributed by atoms with Gasteiger partial charge in [-0.2, -0.15) is 0 Å². The smallest absolute Gasteiger partial charge is 0.0245 e. The van der Waals surface area contributed by atoms with Gasteiger partial charge in [0.25, 0.3) is 0 Å². The van der Waals surface area contributed by atoms with Gasteiger partial charge in [0, 0.05) is 12.0 Å². The lowest BCUT2D eigenvalue weighted by Crippen LogP contribution is -1.74. The first-order valence-electron chi connectivity index (χ1n) is 5.38. The van der Waals surface area contributed by atoms with Gasteiger partial charge in [-0.1, -0.05) is 57.7 Å². The molecule has 84 valence electrons. The first kappa shape index (κ1) is 16.2. The maximum Gasteiger partial charge on any atom is 0.0245 e. The van der Waals surface area contributed by atoms with Crippen LogP contribution in [0.1, 0.15) is 52.2 Å². The Bertz CT molecular complexity index is 282. The van der Waals surface area contributed by atoms with E-state index in [0.717, 1.165) is 18.4 Å². The average molecular weight is 204 g/mol. The highest BCUT2D eigenvalue weighted by Crippen LogP contribution is 2.00. The third-order valence-electron chi connectivity index (χ3n) is 1.66. The van der Waals surface area contributed by atoms with Crippen molar-refractivity contribution in [3.8, 4) is 11.8 Å². The van der Waals surface area contributed by atoms with Crippen LogP contribution in [-0.4, -0.2) is 0 Å². The lowest BCUT2D eigenvalue weighted by molar-refractivity contribution is 0.983. The normalized spacial score (nSPS) is 7.47. The third kappa shape index (κ3) is 7.82. The quantitative estimate of drug-likeness (QED) is 0.576. The molecule has 1 aromatic rings. The van der Waals surface area contributed by atoms with Crippen LogP contribution < -0.4 is 0 Å². The molecule has 1 rings (SSSR count). The second-order valence-electron chi connectivity index (χ2n) is 2.92. The van der Waals surface area contributed by atoms with Crippen LogP contribution in [0.4, 0.5) is 0 Å². The first-order chi connectivity index (χ1) is 6.83. The Morgan fingerprint density at radius 3 is 2.07 bits per heavy atom. The van der Waals surface area contributed by atoms with E-state index in [2.05, 4.69) is 50.0 Å². The zero-order valence-electron chi connectivity index (χ0n) is 9.72. The van der Waals surface area contributed by atoms with Crippen molar-refractivity contribution >= 4 is 0 Å². The van der Waals surface area contributed by atoms with Crippen molar-refractivity contribution in [1.29, 1.82) is 0 Å². The summed E-state index contributed by atoms with van der Waals surface area (Å²) in [6.07, 6.45) is 2.13. The van der Waals surface area contributed by atoms with Crippen LogP contribution >= 0.6 is 0 Å². The largest absolute Gasteiger partial charge is 0.0979 e. The number of hydrogen-bond donors (Lipinski definition) is 0. The van der Waals surface area contributed by atoms with E-state index in [1.54, 1.807) is 0 Å². The molecule has 0 saturated carbocycles. The fourth-order valence-corrected chi connectivity index (χ4v) is 0.926. The molecule has 0 aliphatic heterocycles. The molecule has 1 aromatic carbocycles. The van der Waals surface area contributed by atoms with Gasteiger partial charge < -0.3 is 0 Å². The van der Waals surface area contributed by atoms with Gasteiger partial charge in [0.1, 0.15) is 0 Å². The standard InChI is InChI=1S/C12H14.C2H6.CH4/c1-3-4-5-6-12-9-7-11(2)8-10-12;1-2;/h7-10H,3-4H2,1-2H3;1-2H3;1H4. The van der Waals surface area contributed by atoms with Gasteiger partial charge in [-0.25, -0.2) is 0 Å². The van der Waals surface area contributed by atoms with E-state index in [-0.39, 0.29) is 7.43 Å². The molecule has 0 bridgehead atoms. The Morgan fingerprint density at radius 2 is 1.60 bits per heavy atom. The molecular weight excluding hydrogens is 180 g/mol. The van der Waals surface area contributed by atoms with E-state index < -0.39 is 0 Å². The highest BCUT2D eigenvalue weighted by Gasteiger charge is 1.84. The predicted molar refractivity (Wildman–Crippen MR) is 71.0 cm³/mol. The van der Waals surface area contributed by atoms with Gasteiger partial charge >= 0.3 is 0 Å². The zero-order valence-corrected chi connectivity index (χ0v) is 9.72. The number of benzene rings is 1. The maximum absolute atomic E-state index is 3.12. The Balaban J connectivity index is 0. The SMILES string of the molecule is C.CC.CCCC#Cc1ccc(C)cc1. The van der Waals surface area contributed by atoms with E-state index in [0.29, 0.717) is 0 Å². The molecule has 0 fully saturated rings. The van der Waals surface area contributed by atoms with Gasteiger partial charge in [0.2, 0.25) is 0 Å². The Kier molecular flexibility index (Phi) is 11.7. The Labute approximate surface area is 95.7 Å². The molecule has 0 heterocycles.